The predicted octanol–water partition coefficient (Wildman–Crippen LogP) is 0.396. The Morgan fingerprint density at radius 1 is 1.05 bits per heavy atom. The molecule has 2 aliphatic heterocycles. The number of likely N-dealkylation sites (N-methyl/N-ethyl adjacent to an activating group) is 1. The highest BCUT2D eigenvalue weighted by atomic mass is 16.6. The number of carboxylic acid groups (broad SMARTS) is 1. The maximum absolute atomic E-state index is 13.6. The Kier molecular flexibility index (Phi) is 7.63. The third-order valence-corrected chi connectivity index (χ3v) is 8.74. The van der Waals surface area contributed by atoms with Crippen molar-refractivity contribution in [1.29, 1.82) is 0 Å². The normalized spacial score (nSPS) is 28.6. The number of benzene rings is 1. The first-order valence-electron chi connectivity index (χ1n) is 13.7. The van der Waals surface area contributed by atoms with Gasteiger partial charge in [-0.05, 0) is 51.1 Å². The lowest BCUT2D eigenvalue weighted by molar-refractivity contribution is -0.194. The SMILES string of the molecule is COc1ccc2c3c1O[C@@H]1C(OC(=O)[C@@H](OC(C)=O)[C@H](OC(C)=O)C(=O)O[C@@H](C)C(=O)O)=CC[C@]4(O)[C@H](C2)N(C)CC[C@@]314. The van der Waals surface area contributed by atoms with Crippen molar-refractivity contribution in [1.82, 2.24) is 4.90 Å². The van der Waals surface area contributed by atoms with E-state index < -0.39 is 65.3 Å². The van der Waals surface area contributed by atoms with E-state index in [-0.39, 0.29) is 18.2 Å². The van der Waals surface area contributed by atoms with E-state index in [0.717, 1.165) is 31.9 Å². The van der Waals surface area contributed by atoms with Gasteiger partial charge in [-0.2, -0.15) is 0 Å². The van der Waals surface area contributed by atoms with Crippen LogP contribution >= 0.6 is 0 Å². The molecule has 2 heterocycles. The van der Waals surface area contributed by atoms with Gasteiger partial charge in [0.05, 0.1) is 18.1 Å². The second-order valence-corrected chi connectivity index (χ2v) is 11.2. The third-order valence-electron chi connectivity index (χ3n) is 8.74. The van der Waals surface area contributed by atoms with Crippen LogP contribution in [0.3, 0.4) is 0 Å². The lowest BCUT2D eigenvalue weighted by Gasteiger charge is -2.61. The molecule has 14 nitrogen and oxygen atoms in total. The fourth-order valence-electron chi connectivity index (χ4n) is 6.88. The number of carbonyl (C=O) groups is 5. The van der Waals surface area contributed by atoms with Crippen LogP contribution in [0.5, 0.6) is 11.5 Å². The van der Waals surface area contributed by atoms with E-state index in [4.69, 9.17) is 33.5 Å². The fraction of sp³-hybridized carbons (Fsp3) is 0.552. The number of piperidine rings is 1. The van der Waals surface area contributed by atoms with Crippen molar-refractivity contribution >= 4 is 29.8 Å². The largest absolute Gasteiger partial charge is 0.493 e. The Morgan fingerprint density at radius 2 is 1.70 bits per heavy atom. The Balaban J connectivity index is 1.52. The molecule has 1 spiro atoms. The van der Waals surface area contributed by atoms with Gasteiger partial charge in [0, 0.05) is 31.9 Å². The molecule has 1 saturated heterocycles. The van der Waals surface area contributed by atoms with Crippen LogP contribution in [0, 0.1) is 0 Å². The van der Waals surface area contributed by atoms with Crippen LogP contribution in [-0.2, 0) is 54.8 Å². The summed E-state index contributed by atoms with van der Waals surface area (Å²) in [7, 11) is 3.44. The number of aliphatic hydroxyl groups is 1. The predicted molar refractivity (Wildman–Crippen MR) is 142 cm³/mol. The molecular formula is C29H33NO13. The third kappa shape index (κ3) is 4.68. The van der Waals surface area contributed by atoms with Gasteiger partial charge in [0.25, 0.3) is 0 Å². The maximum Gasteiger partial charge on any atom is 0.357 e. The lowest BCUT2D eigenvalue weighted by Crippen LogP contribution is -2.74. The highest BCUT2D eigenvalue weighted by Gasteiger charge is 2.72. The first-order chi connectivity index (χ1) is 20.2. The smallest absolute Gasteiger partial charge is 0.357 e. The number of hydrogen-bond acceptors (Lipinski definition) is 13. The van der Waals surface area contributed by atoms with E-state index in [9.17, 15) is 29.1 Å². The zero-order valence-corrected chi connectivity index (χ0v) is 24.3. The minimum atomic E-state index is -2.18. The van der Waals surface area contributed by atoms with Crippen LogP contribution in [0.4, 0.5) is 0 Å². The minimum absolute atomic E-state index is 0.00456. The second-order valence-electron chi connectivity index (χ2n) is 11.2. The average molecular weight is 604 g/mol. The summed E-state index contributed by atoms with van der Waals surface area (Å²) < 4.78 is 32.6. The number of hydrogen-bond donors (Lipinski definition) is 2. The van der Waals surface area contributed by atoms with Crippen LogP contribution < -0.4 is 9.47 Å². The van der Waals surface area contributed by atoms with Crippen molar-refractivity contribution in [2.45, 2.75) is 81.5 Å². The summed E-state index contributed by atoms with van der Waals surface area (Å²) in [6.45, 7) is 3.56. The summed E-state index contributed by atoms with van der Waals surface area (Å²) in [5, 5.41) is 21.5. The molecule has 232 valence electrons. The molecule has 14 heteroatoms. The Hall–Kier alpha value is -4.17. The zero-order valence-electron chi connectivity index (χ0n) is 24.3. The molecule has 1 fully saturated rings. The van der Waals surface area contributed by atoms with E-state index in [1.54, 1.807) is 6.07 Å². The Bertz CT molecular complexity index is 1420. The maximum atomic E-state index is 13.6. The van der Waals surface area contributed by atoms with E-state index in [0.29, 0.717) is 30.9 Å². The molecule has 4 aliphatic rings. The van der Waals surface area contributed by atoms with E-state index >= 15 is 0 Å². The van der Waals surface area contributed by atoms with Gasteiger partial charge in [-0.1, -0.05) is 6.07 Å². The summed E-state index contributed by atoms with van der Waals surface area (Å²) in [5.74, 6) is -5.44. The molecule has 0 aromatic heterocycles. The molecule has 0 amide bonds. The molecule has 0 saturated carbocycles. The van der Waals surface area contributed by atoms with Crippen molar-refractivity contribution in [3.63, 3.8) is 0 Å². The van der Waals surface area contributed by atoms with Crippen molar-refractivity contribution in [2.75, 3.05) is 20.7 Å². The highest BCUT2D eigenvalue weighted by molar-refractivity contribution is 5.90. The molecule has 1 aromatic carbocycles. The molecule has 43 heavy (non-hydrogen) atoms. The number of ether oxygens (including phenoxy) is 6. The number of nitrogens with zero attached hydrogens (tertiary/aromatic N) is 1. The van der Waals surface area contributed by atoms with Gasteiger partial charge >= 0.3 is 29.8 Å². The summed E-state index contributed by atoms with van der Waals surface area (Å²) in [5.41, 5.74) is -0.563. The molecule has 2 bridgehead atoms. The number of carboxylic acids is 1. The molecule has 5 rings (SSSR count). The van der Waals surface area contributed by atoms with Crippen LogP contribution in [0.25, 0.3) is 0 Å². The molecule has 2 aliphatic carbocycles. The van der Waals surface area contributed by atoms with E-state index in [1.165, 1.54) is 13.2 Å². The van der Waals surface area contributed by atoms with Gasteiger partial charge in [-0.15, -0.1) is 0 Å². The molecule has 7 atom stereocenters. The lowest BCUT2D eigenvalue weighted by atomic mass is 9.50. The van der Waals surface area contributed by atoms with Gasteiger partial charge in [0.15, 0.2) is 23.7 Å². The quantitative estimate of drug-likeness (QED) is 0.292. The number of methoxy groups -OCH3 is 1. The van der Waals surface area contributed by atoms with Crippen LogP contribution in [0.2, 0.25) is 0 Å². The van der Waals surface area contributed by atoms with Gasteiger partial charge in [-0.25, -0.2) is 14.4 Å². The fourth-order valence-corrected chi connectivity index (χ4v) is 6.88. The van der Waals surface area contributed by atoms with Crippen molar-refractivity contribution in [3.05, 3.63) is 35.1 Å². The van der Waals surface area contributed by atoms with Gasteiger partial charge in [-0.3, -0.25) is 9.59 Å². The molecule has 1 aromatic rings. The van der Waals surface area contributed by atoms with Crippen LogP contribution in [0.1, 0.15) is 44.7 Å². The standard InChI is InChI=1S/C29H33NO13/c1-13(25(33)34)39-26(35)22(40-14(2)31)23(41-15(3)32)27(36)42-18-8-9-29(37)19-12-16-6-7-17(38-5)21-20(16)28(29,24(18)43-21)10-11-30(19)4/h6-8,13,19,22-24,37H,9-12H2,1-5H3,(H,33,34)/t13-,19-,22-,23-,24+,28+,29-/m0/s1. The second kappa shape index (κ2) is 10.8. The first-order valence-corrected chi connectivity index (χ1v) is 13.7. The number of esters is 4. The van der Waals surface area contributed by atoms with Crippen LogP contribution in [0.15, 0.2) is 24.0 Å². The number of rotatable bonds is 9. The summed E-state index contributed by atoms with van der Waals surface area (Å²) >= 11 is 0. The summed E-state index contributed by atoms with van der Waals surface area (Å²) in [6.07, 6.45) is -4.37. The molecular weight excluding hydrogens is 570 g/mol. The monoisotopic (exact) mass is 603 g/mol. The first kappa shape index (κ1) is 30.3. The minimum Gasteiger partial charge on any atom is -0.493 e. The highest BCUT2D eigenvalue weighted by Crippen LogP contribution is 2.65. The van der Waals surface area contributed by atoms with Gasteiger partial charge < -0.3 is 43.5 Å². The Labute approximate surface area is 246 Å². The molecule has 2 N–H and O–H groups in total. The number of aliphatic carboxylic acids is 1. The topological polar surface area (TPSA) is 184 Å². The number of carbonyl (C=O) groups excluding carboxylic acids is 4. The van der Waals surface area contributed by atoms with E-state index in [1.807, 2.05) is 13.1 Å². The van der Waals surface area contributed by atoms with E-state index in [2.05, 4.69) is 4.90 Å². The van der Waals surface area contributed by atoms with Gasteiger partial charge in [0.2, 0.25) is 12.2 Å². The summed E-state index contributed by atoms with van der Waals surface area (Å²) in [4.78, 5) is 63.7. The van der Waals surface area contributed by atoms with Crippen molar-refractivity contribution < 1.29 is 62.6 Å². The van der Waals surface area contributed by atoms with Crippen molar-refractivity contribution in [2.24, 2.45) is 0 Å². The number of likely N-dealkylation sites (tertiary alicyclic amines) is 1. The van der Waals surface area contributed by atoms with Crippen LogP contribution in [-0.4, -0.2) is 102 Å². The summed E-state index contributed by atoms with van der Waals surface area (Å²) in [6, 6.07) is 3.45. The zero-order chi connectivity index (χ0) is 31.4. The van der Waals surface area contributed by atoms with Gasteiger partial charge in [0.1, 0.15) is 5.76 Å². The van der Waals surface area contributed by atoms with Crippen molar-refractivity contribution in [3.8, 4) is 11.5 Å². The Morgan fingerprint density at radius 3 is 2.30 bits per heavy atom. The average Bonchev–Trinajstić information content (AvgIpc) is 3.29. The molecule has 0 unspecified atom stereocenters. The molecule has 0 radical (unpaired) electrons.